The molecule has 0 amide bonds. The van der Waals surface area contributed by atoms with Crippen LogP contribution in [0.4, 0.5) is 0 Å². The molecule has 0 N–H and O–H groups in total. The van der Waals surface area contributed by atoms with Crippen molar-refractivity contribution in [3.8, 4) is 0 Å². The minimum atomic E-state index is -0.527. The summed E-state index contributed by atoms with van der Waals surface area (Å²) < 4.78 is 5.32. The van der Waals surface area contributed by atoms with Crippen LogP contribution in [0.5, 0.6) is 0 Å². The molecule has 0 saturated heterocycles. The van der Waals surface area contributed by atoms with Crippen LogP contribution >= 0.6 is 8.35 Å². The first-order valence-electron chi connectivity index (χ1n) is 5.62. The Hall–Kier alpha value is -1.67. The zero-order chi connectivity index (χ0) is 13.2. The van der Waals surface area contributed by atoms with Crippen LogP contribution in [0.2, 0.25) is 0 Å². The average Bonchev–Trinajstić information content (AvgIpc) is 2.76. The van der Waals surface area contributed by atoms with Gasteiger partial charge in [-0.3, -0.25) is 0 Å². The van der Waals surface area contributed by atoms with E-state index in [2.05, 4.69) is 10.00 Å². The van der Waals surface area contributed by atoms with Gasteiger partial charge in [-0.1, -0.05) is 51.1 Å². The molecule has 0 radical (unpaired) electrons. The van der Waals surface area contributed by atoms with E-state index in [0.29, 0.717) is 14.1 Å². The molecule has 1 aliphatic rings. The van der Waals surface area contributed by atoms with E-state index in [1.165, 1.54) is 0 Å². The van der Waals surface area contributed by atoms with Crippen molar-refractivity contribution in [3.63, 3.8) is 0 Å². The van der Waals surface area contributed by atoms with Gasteiger partial charge in [-0.05, 0) is 5.56 Å². The second kappa shape index (κ2) is 4.91. The lowest BCUT2D eigenvalue weighted by molar-refractivity contribution is -0.370. The summed E-state index contributed by atoms with van der Waals surface area (Å²) in [4.78, 5) is 3.90. The highest BCUT2D eigenvalue weighted by molar-refractivity contribution is 7.41. The molecule has 0 fully saturated rings. The normalized spacial score (nSPS) is 18.5. The van der Waals surface area contributed by atoms with Gasteiger partial charge in [-0.2, -0.15) is 0 Å². The van der Waals surface area contributed by atoms with Gasteiger partial charge in [0.1, 0.15) is 5.70 Å². The van der Waals surface area contributed by atoms with Crippen LogP contribution < -0.4 is 5.11 Å². The third-order valence-electron chi connectivity index (χ3n) is 2.15. The number of ether oxygens (including phenoxy) is 1. The van der Waals surface area contributed by atoms with Crippen molar-refractivity contribution in [3.05, 3.63) is 47.5 Å². The first-order valence-corrected chi connectivity index (χ1v) is 6.47. The third kappa shape index (κ3) is 2.96. The summed E-state index contributed by atoms with van der Waals surface area (Å²) in [5.74, 6) is -0.421. The second-order valence-electron chi connectivity index (χ2n) is 4.85. The van der Waals surface area contributed by atoms with Crippen molar-refractivity contribution in [1.29, 1.82) is 0 Å². The maximum atomic E-state index is 12.0. The highest BCUT2D eigenvalue weighted by Crippen LogP contribution is 2.28. The van der Waals surface area contributed by atoms with Gasteiger partial charge in [0.25, 0.3) is 0 Å². The van der Waals surface area contributed by atoms with E-state index in [1.807, 2.05) is 51.1 Å². The molecule has 0 aliphatic carbocycles. The Labute approximate surface area is 108 Å². The van der Waals surface area contributed by atoms with Gasteiger partial charge in [0.2, 0.25) is 0 Å². The minimum Gasteiger partial charge on any atom is -0.606 e. The first kappa shape index (κ1) is 12.8. The number of rotatable bonds is 2. The summed E-state index contributed by atoms with van der Waals surface area (Å²) in [5, 5.41) is 16.7. The fraction of sp³-hybridized carbons (Fsp3) is 0.308. The van der Waals surface area contributed by atoms with Gasteiger partial charge in [0.15, 0.2) is 0 Å². The number of nitrogens with zero attached hydrogens (tertiary/aromatic N) is 2. The van der Waals surface area contributed by atoms with Gasteiger partial charge < -0.3 is 9.84 Å². The molecular weight excluding hydrogens is 247 g/mol. The zero-order valence-electron chi connectivity index (χ0n) is 10.5. The molecule has 1 heterocycles. The molecule has 5 heteroatoms. The summed E-state index contributed by atoms with van der Waals surface area (Å²) in [7, 11) is 0.684. The van der Waals surface area contributed by atoms with Crippen molar-refractivity contribution in [2.24, 2.45) is 10.00 Å². The maximum absolute atomic E-state index is 12.0. The number of hydrogen-bond donors (Lipinski definition) is 0. The van der Waals surface area contributed by atoms with Crippen molar-refractivity contribution in [2.75, 3.05) is 0 Å². The van der Waals surface area contributed by atoms with Gasteiger partial charge in [-0.25, -0.2) is 0 Å². The lowest BCUT2D eigenvalue weighted by atomic mass is 10.1. The Kier molecular flexibility index (Phi) is 3.48. The Morgan fingerprint density at radius 3 is 2.50 bits per heavy atom. The van der Waals surface area contributed by atoms with E-state index in [9.17, 15) is 5.11 Å². The molecule has 1 aliphatic heterocycles. The summed E-state index contributed by atoms with van der Waals surface area (Å²) >= 11 is 0. The Bertz CT molecular complexity index is 528. The van der Waals surface area contributed by atoms with Gasteiger partial charge in [0, 0.05) is 5.60 Å². The number of allylic oxidation sites excluding steroid dienone is 1. The molecule has 1 aromatic rings. The van der Waals surface area contributed by atoms with Crippen LogP contribution in [-0.2, 0) is 4.74 Å². The van der Waals surface area contributed by atoms with Crippen LogP contribution in [0.25, 0.3) is 0 Å². The van der Waals surface area contributed by atoms with Gasteiger partial charge >= 0.3 is 0 Å². The zero-order valence-corrected chi connectivity index (χ0v) is 11.4. The lowest BCUT2D eigenvalue weighted by Crippen LogP contribution is -2.26. The highest BCUT2D eigenvalue weighted by Gasteiger charge is 2.16. The van der Waals surface area contributed by atoms with E-state index in [4.69, 9.17) is 4.74 Å². The molecule has 1 aromatic carbocycles. The van der Waals surface area contributed by atoms with E-state index in [0.717, 1.165) is 10.9 Å². The molecule has 0 saturated carbocycles. The van der Waals surface area contributed by atoms with Crippen molar-refractivity contribution < 1.29 is 9.84 Å². The van der Waals surface area contributed by atoms with Gasteiger partial charge in [-0.15, -0.1) is 10.00 Å². The fourth-order valence-electron chi connectivity index (χ4n) is 1.46. The molecule has 0 spiro atoms. The predicted octanol–water partition coefficient (Wildman–Crippen LogP) is 2.88. The first-order chi connectivity index (χ1) is 8.47. The molecule has 0 unspecified atom stereocenters. The largest absolute Gasteiger partial charge is 0.606 e. The smallest absolute Gasteiger partial charge is 0.122 e. The van der Waals surface area contributed by atoms with E-state index < -0.39 is 11.5 Å². The monoisotopic (exact) mass is 261 g/mol. The van der Waals surface area contributed by atoms with Crippen molar-refractivity contribution in [2.45, 2.75) is 26.4 Å². The quantitative estimate of drug-likeness (QED) is 0.607. The molecule has 4 nitrogen and oxygen atoms in total. The second-order valence-corrected chi connectivity index (χ2v) is 5.68. The van der Waals surface area contributed by atoms with Gasteiger partial charge in [0.05, 0.1) is 19.6 Å². The van der Waals surface area contributed by atoms with Crippen LogP contribution in [0, 0.1) is 0 Å². The van der Waals surface area contributed by atoms with E-state index >= 15 is 0 Å². The minimum absolute atomic E-state index is 0.304. The summed E-state index contributed by atoms with van der Waals surface area (Å²) in [6, 6.07) is 9.63. The predicted molar refractivity (Wildman–Crippen MR) is 70.2 cm³/mol. The highest BCUT2D eigenvalue weighted by atomic mass is 31.1. The van der Waals surface area contributed by atoms with Crippen molar-refractivity contribution >= 4 is 13.6 Å². The standard InChI is InChI=1S/C13H15N2O2P/c1-13(2,3)17-12(16)10-11(18-15-14-10)9-7-5-4-6-8-9/h4-8,16H,1-3H3/p-1. The fourth-order valence-corrected chi connectivity index (χ4v) is 2.18. The number of benzene rings is 1. The van der Waals surface area contributed by atoms with Crippen LogP contribution in [-0.4, -0.2) is 10.9 Å². The van der Waals surface area contributed by atoms with E-state index in [-0.39, 0.29) is 0 Å². The summed E-state index contributed by atoms with van der Waals surface area (Å²) in [6.45, 7) is 5.49. The molecule has 18 heavy (non-hydrogen) atoms. The molecule has 2 rings (SSSR count). The molecule has 94 valence electrons. The van der Waals surface area contributed by atoms with Crippen LogP contribution in [0.1, 0.15) is 26.3 Å². The molecule has 0 aromatic heterocycles. The lowest BCUT2D eigenvalue weighted by Gasteiger charge is -2.31. The molecular formula is C13H14N2O2P-. The van der Waals surface area contributed by atoms with Crippen molar-refractivity contribution in [1.82, 2.24) is 0 Å². The Balaban J connectivity index is 2.32. The molecule has 0 atom stereocenters. The maximum Gasteiger partial charge on any atom is 0.122 e. The Morgan fingerprint density at radius 1 is 1.22 bits per heavy atom. The Morgan fingerprint density at radius 2 is 1.89 bits per heavy atom. The summed E-state index contributed by atoms with van der Waals surface area (Å²) in [6.07, 6.45) is 0. The number of hydrogen-bond acceptors (Lipinski definition) is 4. The summed E-state index contributed by atoms with van der Waals surface area (Å²) in [5.41, 5.74) is 0.726. The SMILES string of the molecule is CC(C)(C)OC([O-])=C1N=NP=C1c1ccccc1. The average molecular weight is 261 g/mol. The van der Waals surface area contributed by atoms with Crippen LogP contribution in [0.15, 0.2) is 52.0 Å². The topological polar surface area (TPSA) is 57.0 Å². The molecule has 0 bridgehead atoms. The third-order valence-corrected chi connectivity index (χ3v) is 3.00. The van der Waals surface area contributed by atoms with Crippen LogP contribution in [0.3, 0.4) is 0 Å². The van der Waals surface area contributed by atoms with E-state index in [1.54, 1.807) is 0 Å².